The molecule has 0 saturated heterocycles. The molecule has 3 rings (SSSR count). The van der Waals surface area contributed by atoms with Crippen molar-refractivity contribution < 1.29 is 4.79 Å². The summed E-state index contributed by atoms with van der Waals surface area (Å²) in [7, 11) is 0. The van der Waals surface area contributed by atoms with Gasteiger partial charge in [0.1, 0.15) is 4.70 Å². The van der Waals surface area contributed by atoms with Crippen molar-refractivity contribution in [1.82, 2.24) is 14.9 Å². The second-order valence-electron chi connectivity index (χ2n) is 6.18. The SMILES string of the molecule is CC[C@H](C)NC(=O)CSc1nc2ccsc2c(=O)n1Cc1ccccc1Cl. The maximum atomic E-state index is 13.0. The molecule has 1 aromatic carbocycles. The van der Waals surface area contributed by atoms with Gasteiger partial charge in [0.2, 0.25) is 5.91 Å². The van der Waals surface area contributed by atoms with E-state index in [2.05, 4.69) is 10.3 Å². The number of nitrogens with one attached hydrogen (secondary N) is 1. The van der Waals surface area contributed by atoms with Gasteiger partial charge in [0, 0.05) is 11.1 Å². The largest absolute Gasteiger partial charge is 0.353 e. The lowest BCUT2D eigenvalue weighted by Gasteiger charge is -2.14. The molecule has 3 aromatic rings. The van der Waals surface area contributed by atoms with Gasteiger partial charge in [0.25, 0.3) is 5.56 Å². The fourth-order valence-corrected chi connectivity index (χ4v) is 4.30. The smallest absolute Gasteiger partial charge is 0.272 e. The molecule has 0 aliphatic heterocycles. The predicted octanol–water partition coefficient (Wildman–Crippen LogP) is 4.17. The van der Waals surface area contributed by atoms with E-state index in [4.69, 9.17) is 11.6 Å². The number of halogens is 1. The van der Waals surface area contributed by atoms with Crippen LogP contribution in [0.5, 0.6) is 0 Å². The van der Waals surface area contributed by atoms with E-state index in [1.54, 1.807) is 10.6 Å². The Morgan fingerprint density at radius 1 is 1.37 bits per heavy atom. The quantitative estimate of drug-likeness (QED) is 0.459. The van der Waals surface area contributed by atoms with E-state index >= 15 is 0 Å². The van der Waals surface area contributed by atoms with Crippen LogP contribution in [0.1, 0.15) is 25.8 Å². The minimum absolute atomic E-state index is 0.0710. The van der Waals surface area contributed by atoms with E-state index in [9.17, 15) is 9.59 Å². The number of amides is 1. The molecule has 142 valence electrons. The number of rotatable bonds is 7. The van der Waals surface area contributed by atoms with Crippen LogP contribution < -0.4 is 10.9 Å². The van der Waals surface area contributed by atoms with Crippen molar-refractivity contribution in [3.63, 3.8) is 0 Å². The van der Waals surface area contributed by atoms with Crippen LogP contribution in [0.4, 0.5) is 0 Å². The molecule has 5 nitrogen and oxygen atoms in total. The van der Waals surface area contributed by atoms with Crippen LogP contribution in [0.3, 0.4) is 0 Å². The molecule has 2 heterocycles. The summed E-state index contributed by atoms with van der Waals surface area (Å²) in [5.74, 6) is 0.132. The van der Waals surface area contributed by atoms with Crippen molar-refractivity contribution >= 4 is 50.8 Å². The first-order valence-electron chi connectivity index (χ1n) is 8.63. The van der Waals surface area contributed by atoms with E-state index < -0.39 is 0 Å². The lowest BCUT2D eigenvalue weighted by atomic mass is 10.2. The van der Waals surface area contributed by atoms with E-state index in [1.807, 2.05) is 43.5 Å². The Morgan fingerprint density at radius 2 is 2.15 bits per heavy atom. The number of benzene rings is 1. The first kappa shape index (κ1) is 19.9. The first-order valence-corrected chi connectivity index (χ1v) is 10.9. The van der Waals surface area contributed by atoms with Gasteiger partial charge in [-0.15, -0.1) is 11.3 Å². The summed E-state index contributed by atoms with van der Waals surface area (Å²) >= 11 is 8.91. The number of hydrogen-bond donors (Lipinski definition) is 1. The predicted molar refractivity (Wildman–Crippen MR) is 113 cm³/mol. The van der Waals surface area contributed by atoms with Crippen molar-refractivity contribution in [3.8, 4) is 0 Å². The minimum atomic E-state index is -0.111. The lowest BCUT2D eigenvalue weighted by molar-refractivity contribution is -0.119. The number of thioether (sulfide) groups is 1. The number of carbonyl (C=O) groups excluding carboxylic acids is 1. The van der Waals surface area contributed by atoms with E-state index in [0.29, 0.717) is 26.9 Å². The molecule has 0 spiro atoms. The molecule has 0 unspecified atom stereocenters. The van der Waals surface area contributed by atoms with Gasteiger partial charge < -0.3 is 5.32 Å². The summed E-state index contributed by atoms with van der Waals surface area (Å²) in [4.78, 5) is 29.7. The summed E-state index contributed by atoms with van der Waals surface area (Å²) < 4.78 is 2.21. The lowest BCUT2D eigenvalue weighted by Crippen LogP contribution is -2.33. The summed E-state index contributed by atoms with van der Waals surface area (Å²) in [5, 5.41) is 5.90. The average Bonchev–Trinajstić information content (AvgIpc) is 3.12. The molecular formula is C19H20ClN3O2S2. The summed E-state index contributed by atoms with van der Waals surface area (Å²) in [6, 6.07) is 9.36. The molecule has 0 bridgehead atoms. The van der Waals surface area contributed by atoms with Crippen molar-refractivity contribution in [2.45, 2.75) is 38.0 Å². The Bertz CT molecular complexity index is 1020. The zero-order valence-corrected chi connectivity index (χ0v) is 17.5. The molecule has 0 saturated carbocycles. The Hall–Kier alpha value is -1.83. The Morgan fingerprint density at radius 3 is 2.89 bits per heavy atom. The zero-order valence-electron chi connectivity index (χ0n) is 15.1. The number of fused-ring (bicyclic) bond motifs is 1. The van der Waals surface area contributed by atoms with Crippen molar-refractivity contribution in [1.29, 1.82) is 0 Å². The van der Waals surface area contributed by atoms with E-state index in [1.165, 1.54) is 23.1 Å². The van der Waals surface area contributed by atoms with E-state index in [-0.39, 0.29) is 23.3 Å². The summed E-state index contributed by atoms with van der Waals surface area (Å²) in [5.41, 5.74) is 1.38. The summed E-state index contributed by atoms with van der Waals surface area (Å²) in [6.45, 7) is 4.30. The molecule has 0 aliphatic rings. The van der Waals surface area contributed by atoms with Gasteiger partial charge in [-0.25, -0.2) is 4.98 Å². The molecule has 1 N–H and O–H groups in total. The highest BCUT2D eigenvalue weighted by molar-refractivity contribution is 7.99. The number of hydrogen-bond acceptors (Lipinski definition) is 5. The third-order valence-electron chi connectivity index (χ3n) is 4.17. The van der Waals surface area contributed by atoms with Crippen LogP contribution in [0, 0.1) is 0 Å². The van der Waals surface area contributed by atoms with Gasteiger partial charge in [-0.2, -0.15) is 0 Å². The van der Waals surface area contributed by atoms with Crippen LogP contribution in [-0.4, -0.2) is 27.3 Å². The van der Waals surface area contributed by atoms with E-state index in [0.717, 1.165) is 12.0 Å². The zero-order chi connectivity index (χ0) is 19.4. The van der Waals surface area contributed by atoms with Crippen LogP contribution in [0.2, 0.25) is 5.02 Å². The monoisotopic (exact) mass is 421 g/mol. The van der Waals surface area contributed by atoms with Crippen molar-refractivity contribution in [2.75, 3.05) is 5.75 Å². The highest BCUT2D eigenvalue weighted by atomic mass is 35.5. The number of nitrogens with zero attached hydrogens (tertiary/aromatic N) is 2. The van der Waals surface area contributed by atoms with Gasteiger partial charge in [-0.05, 0) is 36.4 Å². The molecule has 2 aromatic heterocycles. The maximum Gasteiger partial charge on any atom is 0.272 e. The van der Waals surface area contributed by atoms with Gasteiger partial charge in [0.05, 0.1) is 17.8 Å². The van der Waals surface area contributed by atoms with Gasteiger partial charge in [-0.1, -0.05) is 48.5 Å². The number of thiophene rings is 1. The highest BCUT2D eigenvalue weighted by Gasteiger charge is 2.16. The second-order valence-corrected chi connectivity index (χ2v) is 8.44. The van der Waals surface area contributed by atoms with Gasteiger partial charge in [0.15, 0.2) is 5.16 Å². The molecule has 1 atom stereocenters. The molecule has 1 amide bonds. The van der Waals surface area contributed by atoms with Crippen LogP contribution in [-0.2, 0) is 11.3 Å². The summed E-state index contributed by atoms with van der Waals surface area (Å²) in [6.07, 6.45) is 0.868. The Balaban J connectivity index is 1.92. The normalized spacial score (nSPS) is 12.3. The molecule has 27 heavy (non-hydrogen) atoms. The van der Waals surface area contributed by atoms with Crippen molar-refractivity contribution in [2.24, 2.45) is 0 Å². The maximum absolute atomic E-state index is 13.0. The van der Waals surface area contributed by atoms with Gasteiger partial charge >= 0.3 is 0 Å². The molecule has 0 fully saturated rings. The number of aromatic nitrogens is 2. The molecule has 0 radical (unpaired) electrons. The highest BCUT2D eigenvalue weighted by Crippen LogP contribution is 2.23. The average molecular weight is 422 g/mol. The third kappa shape index (κ3) is 4.72. The number of carbonyl (C=O) groups is 1. The Labute approximate surface area is 170 Å². The van der Waals surface area contributed by atoms with Crippen LogP contribution in [0.15, 0.2) is 45.7 Å². The van der Waals surface area contributed by atoms with Crippen molar-refractivity contribution in [3.05, 3.63) is 56.7 Å². The van der Waals surface area contributed by atoms with Gasteiger partial charge in [-0.3, -0.25) is 14.2 Å². The minimum Gasteiger partial charge on any atom is -0.353 e. The molecular weight excluding hydrogens is 402 g/mol. The fourth-order valence-electron chi connectivity index (χ4n) is 2.52. The molecule has 0 aliphatic carbocycles. The van der Waals surface area contributed by atoms with Crippen LogP contribution >= 0.6 is 34.7 Å². The molecule has 8 heteroatoms. The topological polar surface area (TPSA) is 64.0 Å². The third-order valence-corrected chi connectivity index (χ3v) is 6.41. The standard InChI is InChI=1S/C19H20ClN3O2S2/c1-3-12(2)21-16(24)11-27-19-22-15-8-9-26-17(15)18(25)23(19)10-13-6-4-5-7-14(13)20/h4-9,12H,3,10-11H2,1-2H3,(H,21,24)/t12-/m0/s1. The Kier molecular flexibility index (Phi) is 6.57. The fraction of sp³-hybridized carbons (Fsp3) is 0.316. The van der Waals surface area contributed by atoms with Crippen LogP contribution in [0.25, 0.3) is 10.2 Å². The first-order chi connectivity index (χ1) is 13.0. The second kappa shape index (κ2) is 8.91.